The molecule has 0 amide bonds. The van der Waals surface area contributed by atoms with E-state index in [-0.39, 0.29) is 9.79 Å². The van der Waals surface area contributed by atoms with Crippen LogP contribution in [-0.4, -0.2) is 49.5 Å². The summed E-state index contributed by atoms with van der Waals surface area (Å²) < 4.78 is 64.2. The number of benzene rings is 2. The van der Waals surface area contributed by atoms with Gasteiger partial charge >= 0.3 is 0 Å². The third-order valence-corrected chi connectivity index (χ3v) is 6.49. The number of hydrogen-bond acceptors (Lipinski definition) is 10. The topological polar surface area (TPSA) is 170 Å². The van der Waals surface area contributed by atoms with Gasteiger partial charge in [0.2, 0.25) is 0 Å². The molecule has 0 unspecified atom stereocenters. The maximum absolute atomic E-state index is 11.4. The van der Waals surface area contributed by atoms with Gasteiger partial charge in [0.1, 0.15) is 0 Å². The molecule has 0 saturated heterocycles. The average Bonchev–Trinajstić information content (AvgIpc) is 3.26. The molecule has 4 N–H and O–H groups in total. The molecule has 0 atom stereocenters. The van der Waals surface area contributed by atoms with Crippen LogP contribution in [0.5, 0.6) is 0 Å². The first kappa shape index (κ1) is 21.9. The largest absolute Gasteiger partial charge is 0.294 e. The standard InChI is InChI=1S/C16H20N8O6S2/c1-3-21-15-7-5-11(31(25,26)27)9-13(15)17-23(21)19-20-24-18-14-10-12(32(28,29)30)6-8-16(14)22(24)4-2/h5-10,17-18H,3-4H2,1-2H3,(H,25,26,27)(H,28,29,30)/b20-19+. The first-order valence-corrected chi connectivity index (χ1v) is 12.2. The summed E-state index contributed by atoms with van der Waals surface area (Å²) in [7, 11) is -8.73. The number of hydrogen-bond donors (Lipinski definition) is 4. The van der Waals surface area contributed by atoms with E-state index in [0.717, 1.165) is 0 Å². The maximum Gasteiger partial charge on any atom is 0.294 e. The molecule has 0 spiro atoms. The second-order valence-electron chi connectivity index (χ2n) is 6.72. The highest BCUT2D eigenvalue weighted by Crippen LogP contribution is 2.37. The molecule has 14 nitrogen and oxygen atoms in total. The van der Waals surface area contributed by atoms with Crippen LogP contribution in [0.2, 0.25) is 0 Å². The molecule has 2 aliphatic heterocycles. The number of rotatable bonds is 6. The van der Waals surface area contributed by atoms with Crippen LogP contribution in [0.4, 0.5) is 22.7 Å². The van der Waals surface area contributed by atoms with E-state index in [1.54, 1.807) is 10.0 Å². The van der Waals surface area contributed by atoms with Crippen LogP contribution in [0.1, 0.15) is 13.8 Å². The quantitative estimate of drug-likeness (QED) is 0.347. The highest BCUT2D eigenvalue weighted by atomic mass is 32.2. The van der Waals surface area contributed by atoms with E-state index in [0.29, 0.717) is 35.8 Å². The zero-order chi connectivity index (χ0) is 23.3. The summed E-state index contributed by atoms with van der Waals surface area (Å²) >= 11 is 0. The van der Waals surface area contributed by atoms with Crippen LogP contribution in [0.15, 0.2) is 56.6 Å². The molecule has 0 saturated carbocycles. The molecule has 2 aromatic carbocycles. The van der Waals surface area contributed by atoms with E-state index in [1.165, 1.54) is 46.9 Å². The molecule has 0 aromatic heterocycles. The fourth-order valence-corrected chi connectivity index (χ4v) is 4.36. The Balaban J connectivity index is 1.58. The Morgan fingerprint density at radius 3 is 1.44 bits per heavy atom. The molecule has 2 aliphatic rings. The molecule has 0 fully saturated rings. The summed E-state index contributed by atoms with van der Waals surface area (Å²) in [5.41, 5.74) is 7.85. The maximum atomic E-state index is 11.4. The minimum absolute atomic E-state index is 0.262. The van der Waals surface area contributed by atoms with Crippen molar-refractivity contribution in [2.24, 2.45) is 10.4 Å². The summed E-state index contributed by atoms with van der Waals surface area (Å²) in [6.45, 7) is 4.64. The zero-order valence-electron chi connectivity index (χ0n) is 16.9. The van der Waals surface area contributed by atoms with E-state index >= 15 is 0 Å². The lowest BCUT2D eigenvalue weighted by Gasteiger charge is -2.26. The van der Waals surface area contributed by atoms with Gasteiger partial charge in [0, 0.05) is 13.1 Å². The van der Waals surface area contributed by atoms with E-state index in [4.69, 9.17) is 0 Å². The van der Waals surface area contributed by atoms with Crippen LogP contribution in [-0.2, 0) is 20.2 Å². The van der Waals surface area contributed by atoms with Gasteiger partial charge in [-0.05, 0) is 60.7 Å². The van der Waals surface area contributed by atoms with Gasteiger partial charge in [0.25, 0.3) is 20.2 Å². The second kappa shape index (κ2) is 7.66. The van der Waals surface area contributed by atoms with Crippen molar-refractivity contribution >= 4 is 43.0 Å². The van der Waals surface area contributed by atoms with Crippen molar-refractivity contribution in [3.05, 3.63) is 36.4 Å². The van der Waals surface area contributed by atoms with Crippen LogP contribution >= 0.6 is 0 Å². The summed E-state index contributed by atoms with van der Waals surface area (Å²) in [6.07, 6.45) is 0. The van der Waals surface area contributed by atoms with Crippen molar-refractivity contribution in [1.82, 2.24) is 10.5 Å². The Morgan fingerprint density at radius 2 is 1.12 bits per heavy atom. The van der Waals surface area contributed by atoms with Crippen molar-refractivity contribution < 1.29 is 25.9 Å². The van der Waals surface area contributed by atoms with Crippen LogP contribution in [0.3, 0.4) is 0 Å². The Kier molecular flexibility index (Phi) is 5.24. The molecule has 32 heavy (non-hydrogen) atoms. The van der Waals surface area contributed by atoms with Gasteiger partial charge < -0.3 is 0 Å². The number of nitrogens with one attached hydrogen (secondary N) is 2. The number of anilines is 4. The molecular weight excluding hydrogens is 464 g/mol. The summed E-state index contributed by atoms with van der Waals surface area (Å²) in [5, 5.41) is 14.2. The van der Waals surface area contributed by atoms with Crippen LogP contribution in [0, 0.1) is 0 Å². The zero-order valence-corrected chi connectivity index (χ0v) is 18.5. The number of hydrazine groups is 4. The van der Waals surface area contributed by atoms with Gasteiger partial charge in [-0.25, -0.2) is 10.0 Å². The van der Waals surface area contributed by atoms with Gasteiger partial charge in [0.15, 0.2) is 0 Å². The number of nitrogens with zero attached hydrogens (tertiary/aromatic N) is 6. The van der Waals surface area contributed by atoms with Crippen molar-refractivity contribution in [1.29, 1.82) is 0 Å². The minimum Gasteiger partial charge on any atom is -0.282 e. The molecule has 172 valence electrons. The third-order valence-electron chi connectivity index (χ3n) is 4.79. The average molecular weight is 485 g/mol. The van der Waals surface area contributed by atoms with Crippen molar-refractivity contribution in [3.63, 3.8) is 0 Å². The van der Waals surface area contributed by atoms with Crippen molar-refractivity contribution in [3.8, 4) is 0 Å². The predicted molar refractivity (Wildman–Crippen MR) is 114 cm³/mol. The van der Waals surface area contributed by atoms with Gasteiger partial charge in [0.05, 0.1) is 32.5 Å². The molecule has 16 heteroatoms. The molecule has 0 radical (unpaired) electrons. The first-order chi connectivity index (χ1) is 15.0. The van der Waals surface area contributed by atoms with Gasteiger partial charge in [-0.1, -0.05) is 10.5 Å². The molecule has 2 heterocycles. The molecule has 2 aromatic rings. The van der Waals surface area contributed by atoms with Crippen molar-refractivity contribution in [2.45, 2.75) is 23.6 Å². The van der Waals surface area contributed by atoms with E-state index in [9.17, 15) is 25.9 Å². The second-order valence-corrected chi connectivity index (χ2v) is 9.56. The fraction of sp³-hybridized carbons (Fsp3) is 0.250. The Bertz CT molecular complexity index is 1200. The number of fused-ring (bicyclic) bond motifs is 2. The lowest BCUT2D eigenvalue weighted by atomic mass is 10.2. The van der Waals surface area contributed by atoms with Crippen LogP contribution < -0.4 is 20.9 Å². The lowest BCUT2D eigenvalue weighted by molar-refractivity contribution is 0.237. The molecule has 0 bridgehead atoms. The highest BCUT2D eigenvalue weighted by molar-refractivity contribution is 7.86. The Hall–Kier alpha value is -3.34. The summed E-state index contributed by atoms with van der Waals surface area (Å²) in [4.78, 5) is -0.524. The Morgan fingerprint density at radius 1 is 0.750 bits per heavy atom. The van der Waals surface area contributed by atoms with Crippen LogP contribution in [0.25, 0.3) is 0 Å². The predicted octanol–water partition coefficient (Wildman–Crippen LogP) is 1.93. The third kappa shape index (κ3) is 3.83. The van der Waals surface area contributed by atoms with E-state index in [1.807, 2.05) is 13.8 Å². The minimum atomic E-state index is -4.36. The lowest BCUT2D eigenvalue weighted by Crippen LogP contribution is -2.40. The molecular formula is C16H20N8O6S2. The van der Waals surface area contributed by atoms with Gasteiger partial charge in [-0.15, -0.1) is 0 Å². The van der Waals surface area contributed by atoms with Crippen molar-refractivity contribution in [2.75, 3.05) is 34.0 Å². The smallest absolute Gasteiger partial charge is 0.282 e. The fourth-order valence-electron chi connectivity index (χ4n) is 3.35. The highest BCUT2D eigenvalue weighted by Gasteiger charge is 2.30. The van der Waals surface area contributed by atoms with Gasteiger partial charge in [-0.2, -0.15) is 16.8 Å². The molecule has 4 rings (SSSR count). The van der Waals surface area contributed by atoms with E-state index in [2.05, 4.69) is 21.3 Å². The molecule has 0 aliphatic carbocycles. The van der Waals surface area contributed by atoms with E-state index < -0.39 is 20.2 Å². The SMILES string of the molecule is CCN1c2ccc(S(=O)(=O)O)cc2NN1/N=N/N1Nc2cc(S(=O)(=O)O)ccc2N1CC. The first-order valence-electron chi connectivity index (χ1n) is 9.36. The normalized spacial score (nSPS) is 15.8. The monoisotopic (exact) mass is 484 g/mol. The summed E-state index contributed by atoms with van der Waals surface area (Å²) in [5.74, 6) is 0. The van der Waals surface area contributed by atoms with Gasteiger partial charge in [-0.3, -0.25) is 20.0 Å². The Labute approximate surface area is 184 Å². The summed E-state index contributed by atoms with van der Waals surface area (Å²) in [6, 6.07) is 8.18.